The Morgan fingerprint density at radius 3 is 2.77 bits per heavy atom. The summed E-state index contributed by atoms with van der Waals surface area (Å²) in [6, 6.07) is 0.438. The molecule has 0 aromatic rings. The van der Waals surface area contributed by atoms with Crippen LogP contribution in [0.25, 0.3) is 0 Å². The van der Waals surface area contributed by atoms with E-state index in [-0.39, 0.29) is 5.91 Å². The van der Waals surface area contributed by atoms with Crippen LogP contribution in [-0.4, -0.2) is 28.7 Å². The minimum absolute atomic E-state index is 0.241. The predicted octanol–water partition coefficient (Wildman–Crippen LogP) is 2.42. The molecule has 2 nitrogen and oxygen atoms in total. The number of amides is 1. The Morgan fingerprint density at radius 2 is 2.23 bits per heavy atom. The number of likely N-dealkylation sites (tertiary alicyclic amines) is 1. The Labute approximate surface area is 88.8 Å². The first-order valence-corrected chi connectivity index (χ1v) is 6.16. The highest BCUT2D eigenvalue weighted by Gasteiger charge is 2.27. The van der Waals surface area contributed by atoms with Gasteiger partial charge in [-0.05, 0) is 25.7 Å². The molecule has 1 fully saturated rings. The summed E-state index contributed by atoms with van der Waals surface area (Å²) in [6.07, 6.45) is 3.64. The molecule has 0 bridgehead atoms. The molecule has 0 aromatic heterocycles. The predicted molar refractivity (Wildman–Crippen MR) is 58.0 cm³/mol. The fraction of sp³-hybridized carbons (Fsp3) is 0.900. The zero-order chi connectivity index (χ0) is 9.84. The SMILES string of the molecule is CCC1CCC(C)N(C(=O)CBr)C1. The third-order valence-electron chi connectivity index (χ3n) is 2.99. The molecule has 3 heteroatoms. The van der Waals surface area contributed by atoms with Crippen LogP contribution in [-0.2, 0) is 4.79 Å². The van der Waals surface area contributed by atoms with Crippen molar-refractivity contribution in [1.82, 2.24) is 4.90 Å². The van der Waals surface area contributed by atoms with E-state index in [0.717, 1.165) is 18.9 Å². The molecule has 1 aliphatic heterocycles. The molecular weight excluding hydrogens is 230 g/mol. The molecule has 2 atom stereocenters. The van der Waals surface area contributed by atoms with Crippen LogP contribution in [0.2, 0.25) is 0 Å². The molecule has 1 saturated heterocycles. The van der Waals surface area contributed by atoms with Crippen LogP contribution in [0.4, 0.5) is 0 Å². The van der Waals surface area contributed by atoms with E-state index in [0.29, 0.717) is 11.4 Å². The summed E-state index contributed by atoms with van der Waals surface area (Å²) in [6.45, 7) is 5.31. The van der Waals surface area contributed by atoms with Gasteiger partial charge in [0.2, 0.25) is 5.91 Å². The fourth-order valence-electron chi connectivity index (χ4n) is 1.94. The standard InChI is InChI=1S/C10H18BrNO/c1-3-9-5-4-8(2)12(7-9)10(13)6-11/h8-9H,3-7H2,1-2H3. The zero-order valence-electron chi connectivity index (χ0n) is 8.42. The number of nitrogens with zero attached hydrogens (tertiary/aromatic N) is 1. The van der Waals surface area contributed by atoms with E-state index < -0.39 is 0 Å². The van der Waals surface area contributed by atoms with E-state index in [9.17, 15) is 4.79 Å². The van der Waals surface area contributed by atoms with E-state index in [2.05, 4.69) is 29.8 Å². The summed E-state index contributed by atoms with van der Waals surface area (Å²) in [5, 5.41) is 0.466. The summed E-state index contributed by atoms with van der Waals surface area (Å²) in [4.78, 5) is 13.5. The van der Waals surface area contributed by atoms with Crippen molar-refractivity contribution < 1.29 is 4.79 Å². The lowest BCUT2D eigenvalue weighted by molar-refractivity contribution is -0.132. The lowest BCUT2D eigenvalue weighted by Crippen LogP contribution is -2.45. The van der Waals surface area contributed by atoms with Crippen molar-refractivity contribution in [3.05, 3.63) is 0 Å². The van der Waals surface area contributed by atoms with Gasteiger partial charge < -0.3 is 4.90 Å². The molecule has 1 amide bonds. The Balaban J connectivity index is 2.54. The molecule has 1 aliphatic rings. The van der Waals surface area contributed by atoms with Crippen LogP contribution < -0.4 is 0 Å². The van der Waals surface area contributed by atoms with E-state index in [1.54, 1.807) is 0 Å². The average Bonchev–Trinajstić information content (AvgIpc) is 2.17. The number of carbonyl (C=O) groups excluding carboxylic acids is 1. The van der Waals surface area contributed by atoms with E-state index in [1.807, 2.05) is 4.90 Å². The molecule has 1 heterocycles. The average molecular weight is 248 g/mol. The van der Waals surface area contributed by atoms with E-state index >= 15 is 0 Å². The van der Waals surface area contributed by atoms with Crippen molar-refractivity contribution in [3.63, 3.8) is 0 Å². The monoisotopic (exact) mass is 247 g/mol. The molecular formula is C10H18BrNO. The number of carbonyl (C=O) groups is 1. The van der Waals surface area contributed by atoms with Gasteiger partial charge in [0.05, 0.1) is 5.33 Å². The van der Waals surface area contributed by atoms with Gasteiger partial charge in [-0.15, -0.1) is 0 Å². The minimum Gasteiger partial charge on any atom is -0.339 e. The topological polar surface area (TPSA) is 20.3 Å². The smallest absolute Gasteiger partial charge is 0.233 e. The fourth-order valence-corrected chi connectivity index (χ4v) is 2.26. The largest absolute Gasteiger partial charge is 0.339 e. The Morgan fingerprint density at radius 1 is 1.54 bits per heavy atom. The number of piperidine rings is 1. The van der Waals surface area contributed by atoms with Crippen LogP contribution in [0.5, 0.6) is 0 Å². The molecule has 0 saturated carbocycles. The quantitative estimate of drug-likeness (QED) is 0.687. The molecule has 0 aliphatic carbocycles. The maximum Gasteiger partial charge on any atom is 0.233 e. The van der Waals surface area contributed by atoms with Gasteiger partial charge in [0, 0.05) is 12.6 Å². The third-order valence-corrected chi connectivity index (χ3v) is 3.47. The summed E-state index contributed by atoms with van der Waals surface area (Å²) >= 11 is 3.23. The van der Waals surface area contributed by atoms with Crippen LogP contribution in [0.1, 0.15) is 33.1 Å². The molecule has 0 N–H and O–H groups in total. The van der Waals surface area contributed by atoms with Gasteiger partial charge >= 0.3 is 0 Å². The van der Waals surface area contributed by atoms with Crippen molar-refractivity contribution in [2.75, 3.05) is 11.9 Å². The van der Waals surface area contributed by atoms with Gasteiger partial charge in [-0.25, -0.2) is 0 Å². The number of halogens is 1. The van der Waals surface area contributed by atoms with Gasteiger partial charge in [0.15, 0.2) is 0 Å². The lowest BCUT2D eigenvalue weighted by Gasteiger charge is -2.37. The van der Waals surface area contributed by atoms with Gasteiger partial charge in [-0.1, -0.05) is 29.3 Å². The number of alkyl halides is 1. The van der Waals surface area contributed by atoms with Crippen molar-refractivity contribution >= 4 is 21.8 Å². The first-order valence-electron chi connectivity index (χ1n) is 5.04. The second kappa shape index (κ2) is 4.99. The van der Waals surface area contributed by atoms with Gasteiger partial charge in [0.25, 0.3) is 0 Å². The van der Waals surface area contributed by atoms with Gasteiger partial charge in [-0.3, -0.25) is 4.79 Å². The summed E-state index contributed by atoms with van der Waals surface area (Å²) in [7, 11) is 0. The highest BCUT2D eigenvalue weighted by Crippen LogP contribution is 2.24. The van der Waals surface area contributed by atoms with Crippen molar-refractivity contribution in [2.45, 2.75) is 39.2 Å². The first-order chi connectivity index (χ1) is 6.19. The van der Waals surface area contributed by atoms with Crippen LogP contribution in [0.15, 0.2) is 0 Å². The molecule has 0 aromatic carbocycles. The Kier molecular flexibility index (Phi) is 4.23. The minimum atomic E-state index is 0.241. The Hall–Kier alpha value is -0.0500. The number of rotatable bonds is 2. The molecule has 0 spiro atoms. The highest BCUT2D eigenvalue weighted by molar-refractivity contribution is 9.09. The summed E-state index contributed by atoms with van der Waals surface area (Å²) in [5.41, 5.74) is 0. The van der Waals surface area contributed by atoms with Crippen molar-refractivity contribution in [3.8, 4) is 0 Å². The van der Waals surface area contributed by atoms with E-state index in [4.69, 9.17) is 0 Å². The van der Waals surface area contributed by atoms with E-state index in [1.165, 1.54) is 12.8 Å². The second-order valence-corrected chi connectivity index (χ2v) is 4.44. The molecule has 2 unspecified atom stereocenters. The van der Waals surface area contributed by atoms with Crippen molar-refractivity contribution in [1.29, 1.82) is 0 Å². The summed E-state index contributed by atoms with van der Waals surface area (Å²) in [5.74, 6) is 0.963. The summed E-state index contributed by atoms with van der Waals surface area (Å²) < 4.78 is 0. The zero-order valence-corrected chi connectivity index (χ0v) is 10.0. The molecule has 0 radical (unpaired) electrons. The second-order valence-electron chi connectivity index (χ2n) is 3.88. The van der Waals surface area contributed by atoms with Crippen LogP contribution in [0, 0.1) is 5.92 Å². The van der Waals surface area contributed by atoms with Gasteiger partial charge in [0.1, 0.15) is 0 Å². The lowest BCUT2D eigenvalue weighted by atomic mass is 9.91. The molecule has 1 rings (SSSR count). The Bertz CT molecular complexity index is 184. The highest BCUT2D eigenvalue weighted by atomic mass is 79.9. The van der Waals surface area contributed by atoms with Gasteiger partial charge in [-0.2, -0.15) is 0 Å². The van der Waals surface area contributed by atoms with Crippen LogP contribution in [0.3, 0.4) is 0 Å². The number of hydrogen-bond donors (Lipinski definition) is 0. The maximum atomic E-state index is 11.5. The van der Waals surface area contributed by atoms with Crippen LogP contribution >= 0.6 is 15.9 Å². The number of hydrogen-bond acceptors (Lipinski definition) is 1. The maximum absolute atomic E-state index is 11.5. The van der Waals surface area contributed by atoms with Crippen molar-refractivity contribution in [2.24, 2.45) is 5.92 Å². The molecule has 13 heavy (non-hydrogen) atoms. The normalized spacial score (nSPS) is 29.0. The first kappa shape index (κ1) is 11.0. The third kappa shape index (κ3) is 2.70. The molecule has 76 valence electrons.